The van der Waals surface area contributed by atoms with Crippen molar-refractivity contribution in [1.29, 1.82) is 0 Å². The fraction of sp³-hybridized carbons (Fsp3) is 0.571. The molecule has 96 valence electrons. The van der Waals surface area contributed by atoms with Gasteiger partial charge in [-0.15, -0.1) is 0 Å². The highest BCUT2D eigenvalue weighted by Crippen LogP contribution is 2.38. The van der Waals surface area contributed by atoms with Gasteiger partial charge in [0.1, 0.15) is 5.69 Å². The molecule has 0 aromatic carbocycles. The van der Waals surface area contributed by atoms with Gasteiger partial charge in [0, 0.05) is 19.2 Å². The number of fused-ring (bicyclic) bond motifs is 1. The second-order valence-electron chi connectivity index (χ2n) is 5.23. The number of pyridine rings is 1. The molecule has 0 bridgehead atoms. The molecule has 1 amide bonds. The van der Waals surface area contributed by atoms with E-state index < -0.39 is 0 Å². The number of hydrogen-bond acceptors (Lipinski definition) is 3. The molecule has 4 heteroatoms. The van der Waals surface area contributed by atoms with Crippen LogP contribution in [0.3, 0.4) is 0 Å². The normalized spacial score (nSPS) is 26.2. The first-order valence-corrected chi connectivity index (χ1v) is 6.58. The van der Waals surface area contributed by atoms with Gasteiger partial charge in [0.15, 0.2) is 0 Å². The van der Waals surface area contributed by atoms with E-state index in [0.29, 0.717) is 11.6 Å². The summed E-state index contributed by atoms with van der Waals surface area (Å²) in [6, 6.07) is 5.34. The van der Waals surface area contributed by atoms with Crippen molar-refractivity contribution in [3.8, 4) is 5.88 Å². The van der Waals surface area contributed by atoms with Crippen molar-refractivity contribution in [3.63, 3.8) is 0 Å². The van der Waals surface area contributed by atoms with E-state index in [1.807, 2.05) is 11.0 Å². The Balaban J connectivity index is 1.74. The van der Waals surface area contributed by atoms with Crippen LogP contribution in [0.5, 0.6) is 5.88 Å². The molecule has 2 heterocycles. The second-order valence-corrected chi connectivity index (χ2v) is 5.23. The van der Waals surface area contributed by atoms with E-state index in [2.05, 4.69) is 4.98 Å². The summed E-state index contributed by atoms with van der Waals surface area (Å²) in [5.41, 5.74) is 0.495. The van der Waals surface area contributed by atoms with Crippen LogP contribution in [-0.2, 0) is 0 Å². The van der Waals surface area contributed by atoms with E-state index in [4.69, 9.17) is 4.74 Å². The van der Waals surface area contributed by atoms with Crippen LogP contribution in [0, 0.1) is 11.8 Å². The van der Waals surface area contributed by atoms with Gasteiger partial charge in [0.2, 0.25) is 5.88 Å². The predicted octanol–water partition coefficient (Wildman–Crippen LogP) is 1.96. The highest BCUT2D eigenvalue weighted by molar-refractivity contribution is 5.92. The summed E-state index contributed by atoms with van der Waals surface area (Å²) in [7, 11) is 1.57. The lowest BCUT2D eigenvalue weighted by Gasteiger charge is -2.16. The lowest BCUT2D eigenvalue weighted by atomic mass is 10.0. The van der Waals surface area contributed by atoms with E-state index in [-0.39, 0.29) is 5.91 Å². The molecule has 1 aliphatic carbocycles. The minimum atomic E-state index is 0.0447. The SMILES string of the molecule is COc1cccc(C(=O)N2C[C@H]3CCC[C@H]3C2)n1. The van der Waals surface area contributed by atoms with Crippen LogP contribution < -0.4 is 4.74 Å². The number of carbonyl (C=O) groups excluding carboxylic acids is 1. The van der Waals surface area contributed by atoms with Crippen LogP contribution in [0.1, 0.15) is 29.8 Å². The number of amides is 1. The molecule has 4 nitrogen and oxygen atoms in total. The van der Waals surface area contributed by atoms with E-state index in [1.165, 1.54) is 19.3 Å². The number of rotatable bonds is 2. The summed E-state index contributed by atoms with van der Waals surface area (Å²) in [4.78, 5) is 18.5. The van der Waals surface area contributed by atoms with Crippen molar-refractivity contribution in [2.75, 3.05) is 20.2 Å². The maximum absolute atomic E-state index is 12.4. The summed E-state index contributed by atoms with van der Waals surface area (Å²) in [5, 5.41) is 0. The highest BCUT2D eigenvalue weighted by atomic mass is 16.5. The number of likely N-dealkylation sites (tertiary alicyclic amines) is 1. The zero-order chi connectivity index (χ0) is 12.5. The maximum atomic E-state index is 12.4. The molecule has 1 aromatic heterocycles. The van der Waals surface area contributed by atoms with E-state index in [9.17, 15) is 4.79 Å². The van der Waals surface area contributed by atoms with E-state index >= 15 is 0 Å². The first-order valence-electron chi connectivity index (χ1n) is 6.58. The molecule has 0 N–H and O–H groups in total. The summed E-state index contributed by atoms with van der Waals surface area (Å²) in [6.45, 7) is 1.81. The van der Waals surface area contributed by atoms with Crippen LogP contribution in [0.2, 0.25) is 0 Å². The molecule has 0 unspecified atom stereocenters. The van der Waals surface area contributed by atoms with E-state index in [1.54, 1.807) is 19.2 Å². The van der Waals surface area contributed by atoms with Gasteiger partial charge in [-0.25, -0.2) is 4.98 Å². The van der Waals surface area contributed by atoms with Crippen molar-refractivity contribution < 1.29 is 9.53 Å². The van der Waals surface area contributed by atoms with Crippen LogP contribution in [-0.4, -0.2) is 36.0 Å². The Kier molecular flexibility index (Phi) is 2.94. The Bertz CT molecular complexity index is 449. The second kappa shape index (κ2) is 4.59. The average molecular weight is 246 g/mol. The van der Waals surface area contributed by atoms with Crippen molar-refractivity contribution in [2.45, 2.75) is 19.3 Å². The van der Waals surface area contributed by atoms with Gasteiger partial charge < -0.3 is 9.64 Å². The molecule has 1 aliphatic heterocycles. The topological polar surface area (TPSA) is 42.4 Å². The number of ether oxygens (including phenoxy) is 1. The molecular formula is C14H18N2O2. The molecule has 0 spiro atoms. The van der Waals surface area contributed by atoms with Crippen molar-refractivity contribution in [3.05, 3.63) is 23.9 Å². The molecule has 3 rings (SSSR count). The highest BCUT2D eigenvalue weighted by Gasteiger charge is 2.38. The Morgan fingerprint density at radius 3 is 2.72 bits per heavy atom. The zero-order valence-corrected chi connectivity index (χ0v) is 10.6. The van der Waals surface area contributed by atoms with Gasteiger partial charge in [-0.3, -0.25) is 4.79 Å². The number of aromatic nitrogens is 1. The first kappa shape index (κ1) is 11.5. The number of methoxy groups -OCH3 is 1. The predicted molar refractivity (Wildman–Crippen MR) is 67.5 cm³/mol. The number of hydrogen-bond donors (Lipinski definition) is 0. The fourth-order valence-corrected chi connectivity index (χ4v) is 3.21. The van der Waals surface area contributed by atoms with Gasteiger partial charge in [-0.1, -0.05) is 12.5 Å². The molecule has 1 aromatic rings. The smallest absolute Gasteiger partial charge is 0.272 e. The van der Waals surface area contributed by atoms with Crippen molar-refractivity contribution in [1.82, 2.24) is 9.88 Å². The lowest BCUT2D eigenvalue weighted by Crippen LogP contribution is -2.30. The number of nitrogens with zero attached hydrogens (tertiary/aromatic N) is 2. The van der Waals surface area contributed by atoms with Crippen LogP contribution >= 0.6 is 0 Å². The largest absolute Gasteiger partial charge is 0.481 e. The number of carbonyl (C=O) groups is 1. The molecule has 2 fully saturated rings. The van der Waals surface area contributed by atoms with E-state index in [0.717, 1.165) is 24.9 Å². The average Bonchev–Trinajstić information content (AvgIpc) is 2.98. The first-order chi connectivity index (χ1) is 8.78. The minimum absolute atomic E-state index is 0.0447. The fourth-order valence-electron chi connectivity index (χ4n) is 3.21. The summed E-state index contributed by atoms with van der Waals surface area (Å²) in [5.74, 6) is 1.99. The van der Waals surface area contributed by atoms with Crippen molar-refractivity contribution in [2.24, 2.45) is 11.8 Å². The van der Waals surface area contributed by atoms with Crippen LogP contribution in [0.4, 0.5) is 0 Å². The summed E-state index contributed by atoms with van der Waals surface area (Å²) < 4.78 is 5.06. The quantitative estimate of drug-likeness (QED) is 0.801. The molecule has 1 saturated heterocycles. The van der Waals surface area contributed by atoms with Gasteiger partial charge >= 0.3 is 0 Å². The Labute approximate surface area is 107 Å². The third kappa shape index (κ3) is 1.96. The summed E-state index contributed by atoms with van der Waals surface area (Å²) >= 11 is 0. The van der Waals surface area contributed by atoms with Crippen molar-refractivity contribution >= 4 is 5.91 Å². The monoisotopic (exact) mass is 246 g/mol. The lowest BCUT2D eigenvalue weighted by molar-refractivity contribution is 0.0774. The Hall–Kier alpha value is -1.58. The minimum Gasteiger partial charge on any atom is -0.481 e. The maximum Gasteiger partial charge on any atom is 0.272 e. The molecular weight excluding hydrogens is 228 g/mol. The zero-order valence-electron chi connectivity index (χ0n) is 10.6. The Morgan fingerprint density at radius 2 is 2.06 bits per heavy atom. The molecule has 2 aliphatic rings. The molecule has 18 heavy (non-hydrogen) atoms. The third-order valence-electron chi connectivity index (χ3n) is 4.17. The van der Waals surface area contributed by atoms with Gasteiger partial charge in [-0.05, 0) is 30.7 Å². The van der Waals surface area contributed by atoms with Gasteiger partial charge in [0.05, 0.1) is 7.11 Å². The molecule has 0 radical (unpaired) electrons. The van der Waals surface area contributed by atoms with Crippen LogP contribution in [0.25, 0.3) is 0 Å². The van der Waals surface area contributed by atoms with Gasteiger partial charge in [-0.2, -0.15) is 0 Å². The van der Waals surface area contributed by atoms with Gasteiger partial charge in [0.25, 0.3) is 5.91 Å². The molecule has 2 atom stereocenters. The third-order valence-corrected chi connectivity index (χ3v) is 4.17. The van der Waals surface area contributed by atoms with Crippen LogP contribution in [0.15, 0.2) is 18.2 Å². The standard InChI is InChI=1S/C14H18N2O2/c1-18-13-7-3-6-12(15-13)14(17)16-8-10-4-2-5-11(10)9-16/h3,6-7,10-11H,2,4-5,8-9H2,1H3/t10-,11+. The molecule has 1 saturated carbocycles. The Morgan fingerprint density at radius 1 is 1.33 bits per heavy atom. The summed E-state index contributed by atoms with van der Waals surface area (Å²) in [6.07, 6.45) is 3.88.